The molecule has 1 fully saturated rings. The van der Waals surface area contributed by atoms with E-state index in [9.17, 15) is 14.4 Å². The van der Waals surface area contributed by atoms with E-state index in [0.717, 1.165) is 0 Å². The van der Waals surface area contributed by atoms with E-state index in [-0.39, 0.29) is 0 Å². The van der Waals surface area contributed by atoms with Gasteiger partial charge in [0, 0.05) is 11.3 Å². The molecule has 0 radical (unpaired) electrons. The van der Waals surface area contributed by atoms with Gasteiger partial charge in [-0.2, -0.15) is 0 Å². The van der Waals surface area contributed by atoms with Crippen LogP contribution in [0, 0.1) is 12.3 Å². The summed E-state index contributed by atoms with van der Waals surface area (Å²) in [5.74, 6) is -2.26. The fourth-order valence-corrected chi connectivity index (χ4v) is 1.88. The first-order chi connectivity index (χ1) is 8.86. The van der Waals surface area contributed by atoms with Gasteiger partial charge in [0.05, 0.1) is 0 Å². The average molecular weight is 262 g/mol. The summed E-state index contributed by atoms with van der Waals surface area (Å²) >= 11 is 0. The second-order valence-electron chi connectivity index (χ2n) is 4.74. The van der Waals surface area contributed by atoms with Crippen LogP contribution in [0.5, 0.6) is 0 Å². The number of nitrogens with two attached hydrogens (primary N) is 1. The van der Waals surface area contributed by atoms with E-state index in [1.165, 1.54) is 6.07 Å². The first-order valence-electron chi connectivity index (χ1n) is 5.82. The van der Waals surface area contributed by atoms with Crippen LogP contribution in [0.15, 0.2) is 18.2 Å². The van der Waals surface area contributed by atoms with Gasteiger partial charge in [0.1, 0.15) is 5.41 Å². The van der Waals surface area contributed by atoms with Gasteiger partial charge in [0.25, 0.3) is 0 Å². The van der Waals surface area contributed by atoms with Gasteiger partial charge in [-0.25, -0.2) is 0 Å². The average Bonchev–Trinajstić information content (AvgIpc) is 3.12. The van der Waals surface area contributed by atoms with Gasteiger partial charge >= 0.3 is 5.97 Å². The van der Waals surface area contributed by atoms with Crippen molar-refractivity contribution in [2.45, 2.75) is 19.8 Å². The minimum Gasteiger partial charge on any atom is -0.480 e. The maximum atomic E-state index is 11.9. The summed E-state index contributed by atoms with van der Waals surface area (Å²) in [5, 5.41) is 11.5. The summed E-state index contributed by atoms with van der Waals surface area (Å²) in [5.41, 5.74) is 5.28. The molecular weight excluding hydrogens is 248 g/mol. The van der Waals surface area contributed by atoms with Crippen molar-refractivity contribution in [1.29, 1.82) is 0 Å². The molecule has 1 aliphatic rings. The minimum atomic E-state index is -1.31. The molecule has 0 atom stereocenters. The zero-order chi connectivity index (χ0) is 14.2. The zero-order valence-electron chi connectivity index (χ0n) is 10.4. The smallest absolute Gasteiger partial charge is 0.319 e. The van der Waals surface area contributed by atoms with Gasteiger partial charge in [-0.05, 0) is 37.5 Å². The number of anilines is 1. The normalized spacial score (nSPS) is 15.6. The molecule has 19 heavy (non-hydrogen) atoms. The molecule has 0 bridgehead atoms. The second kappa shape index (κ2) is 4.38. The minimum absolute atomic E-state index is 0.304. The predicted molar refractivity (Wildman–Crippen MR) is 67.6 cm³/mol. The Morgan fingerprint density at radius 1 is 1.32 bits per heavy atom. The summed E-state index contributed by atoms with van der Waals surface area (Å²) in [4.78, 5) is 34.1. The van der Waals surface area contributed by atoms with E-state index in [0.29, 0.717) is 29.7 Å². The van der Waals surface area contributed by atoms with Crippen LogP contribution in [-0.4, -0.2) is 22.9 Å². The summed E-state index contributed by atoms with van der Waals surface area (Å²) in [6.07, 6.45) is 0.672. The number of hydrogen-bond acceptors (Lipinski definition) is 3. The molecule has 0 heterocycles. The lowest BCUT2D eigenvalue weighted by molar-refractivity contribution is -0.147. The van der Waals surface area contributed by atoms with Crippen LogP contribution in [0.4, 0.5) is 5.69 Å². The topological polar surface area (TPSA) is 109 Å². The number of primary amides is 1. The Balaban J connectivity index is 2.21. The monoisotopic (exact) mass is 262 g/mol. The molecule has 2 amide bonds. The van der Waals surface area contributed by atoms with E-state index < -0.39 is 23.2 Å². The SMILES string of the molecule is Cc1ccc(NC(=O)C2(C(=O)O)CC2)cc1C(N)=O. The summed E-state index contributed by atoms with van der Waals surface area (Å²) in [6, 6.07) is 4.71. The Morgan fingerprint density at radius 3 is 2.42 bits per heavy atom. The van der Waals surface area contributed by atoms with Crippen LogP contribution in [0.3, 0.4) is 0 Å². The Hall–Kier alpha value is -2.37. The molecule has 0 saturated heterocycles. The Morgan fingerprint density at radius 2 is 1.95 bits per heavy atom. The molecule has 4 N–H and O–H groups in total. The third kappa shape index (κ3) is 2.29. The first-order valence-corrected chi connectivity index (χ1v) is 5.82. The quantitative estimate of drug-likeness (QED) is 0.700. The van der Waals surface area contributed by atoms with Crippen LogP contribution in [-0.2, 0) is 9.59 Å². The second-order valence-corrected chi connectivity index (χ2v) is 4.74. The predicted octanol–water partition coefficient (Wildman–Crippen LogP) is 0.897. The van der Waals surface area contributed by atoms with Gasteiger partial charge in [-0.3, -0.25) is 14.4 Å². The van der Waals surface area contributed by atoms with Crippen molar-refractivity contribution in [2.24, 2.45) is 11.1 Å². The van der Waals surface area contributed by atoms with Crippen LogP contribution in [0.25, 0.3) is 0 Å². The van der Waals surface area contributed by atoms with Crippen molar-refractivity contribution < 1.29 is 19.5 Å². The molecule has 6 heteroatoms. The van der Waals surface area contributed by atoms with Crippen molar-refractivity contribution in [3.63, 3.8) is 0 Å². The maximum Gasteiger partial charge on any atom is 0.319 e. The zero-order valence-corrected chi connectivity index (χ0v) is 10.4. The molecule has 0 aliphatic heterocycles. The highest BCUT2D eigenvalue weighted by atomic mass is 16.4. The number of carboxylic acid groups (broad SMARTS) is 1. The lowest BCUT2D eigenvalue weighted by Crippen LogP contribution is -2.31. The number of rotatable bonds is 4. The van der Waals surface area contributed by atoms with Crippen molar-refractivity contribution in [3.05, 3.63) is 29.3 Å². The molecular formula is C13H14N2O4. The van der Waals surface area contributed by atoms with Gasteiger partial charge in [0.2, 0.25) is 11.8 Å². The van der Waals surface area contributed by atoms with Crippen molar-refractivity contribution in [2.75, 3.05) is 5.32 Å². The van der Waals surface area contributed by atoms with Crippen LogP contribution in [0.2, 0.25) is 0 Å². The summed E-state index contributed by atoms with van der Waals surface area (Å²) in [6.45, 7) is 1.73. The van der Waals surface area contributed by atoms with Gasteiger partial charge in [-0.15, -0.1) is 0 Å². The maximum absolute atomic E-state index is 11.9. The molecule has 1 aliphatic carbocycles. The molecule has 0 unspecified atom stereocenters. The van der Waals surface area contributed by atoms with E-state index in [1.807, 2.05) is 0 Å². The molecule has 6 nitrogen and oxygen atoms in total. The van der Waals surface area contributed by atoms with Gasteiger partial charge < -0.3 is 16.2 Å². The van der Waals surface area contributed by atoms with Crippen molar-refractivity contribution >= 4 is 23.5 Å². The summed E-state index contributed by atoms with van der Waals surface area (Å²) < 4.78 is 0. The standard InChI is InChI=1S/C13H14N2O4/c1-7-2-3-8(6-9(7)10(14)16)15-11(17)13(4-5-13)12(18)19/h2-3,6H,4-5H2,1H3,(H2,14,16)(H,15,17)(H,18,19). The highest BCUT2D eigenvalue weighted by Crippen LogP contribution is 2.46. The van der Waals surface area contributed by atoms with Crippen LogP contribution >= 0.6 is 0 Å². The number of benzene rings is 1. The first kappa shape index (κ1) is 13.1. The number of hydrogen-bond donors (Lipinski definition) is 3. The molecule has 1 aromatic rings. The molecule has 0 spiro atoms. The fourth-order valence-electron chi connectivity index (χ4n) is 1.88. The van der Waals surface area contributed by atoms with E-state index in [4.69, 9.17) is 10.8 Å². The lowest BCUT2D eigenvalue weighted by atomic mass is 10.1. The Bertz CT molecular complexity index is 576. The lowest BCUT2D eigenvalue weighted by Gasteiger charge is -2.12. The highest BCUT2D eigenvalue weighted by Gasteiger charge is 2.57. The third-order valence-electron chi connectivity index (χ3n) is 3.35. The van der Waals surface area contributed by atoms with Crippen molar-refractivity contribution in [1.82, 2.24) is 0 Å². The molecule has 1 saturated carbocycles. The largest absolute Gasteiger partial charge is 0.480 e. The number of amides is 2. The number of nitrogens with one attached hydrogen (secondary N) is 1. The van der Waals surface area contributed by atoms with Crippen molar-refractivity contribution in [3.8, 4) is 0 Å². The molecule has 1 aromatic carbocycles. The number of carbonyl (C=O) groups is 3. The Kier molecular flexibility index (Phi) is 3.01. The number of carboxylic acids is 1. The number of carbonyl (C=O) groups excluding carboxylic acids is 2. The van der Waals surface area contributed by atoms with Crippen LogP contribution in [0.1, 0.15) is 28.8 Å². The van der Waals surface area contributed by atoms with Crippen LogP contribution < -0.4 is 11.1 Å². The Labute approximate surface area is 109 Å². The fraction of sp³-hybridized carbons (Fsp3) is 0.308. The van der Waals surface area contributed by atoms with Gasteiger partial charge in [0.15, 0.2) is 0 Å². The van der Waals surface area contributed by atoms with E-state index in [2.05, 4.69) is 5.32 Å². The molecule has 100 valence electrons. The number of aliphatic carboxylic acids is 1. The molecule has 0 aromatic heterocycles. The summed E-state index contributed by atoms with van der Waals surface area (Å²) in [7, 11) is 0. The van der Waals surface area contributed by atoms with E-state index >= 15 is 0 Å². The van der Waals surface area contributed by atoms with Gasteiger partial charge in [-0.1, -0.05) is 6.07 Å². The van der Waals surface area contributed by atoms with E-state index in [1.54, 1.807) is 19.1 Å². The highest BCUT2D eigenvalue weighted by molar-refractivity contribution is 6.11. The third-order valence-corrected chi connectivity index (χ3v) is 3.35. The number of aryl methyl sites for hydroxylation is 1. The molecule has 2 rings (SSSR count).